The van der Waals surface area contributed by atoms with Gasteiger partial charge in [-0.15, -0.1) is 0 Å². The first kappa shape index (κ1) is 14.3. The summed E-state index contributed by atoms with van der Waals surface area (Å²) in [6, 6.07) is 5.14. The standard InChI is InChI=1S/C11H15ClN4O2/c12-8-3-1-2-7(4-13)11(8)16(5-9(14)17)6-10(15)18/h1-3H,4-6,13H2,(H2,14,17)(H2,15,18). The Morgan fingerprint density at radius 1 is 1.17 bits per heavy atom. The van der Waals surface area contributed by atoms with Crippen molar-refractivity contribution >= 4 is 29.1 Å². The molecule has 98 valence electrons. The van der Waals surface area contributed by atoms with E-state index >= 15 is 0 Å². The van der Waals surface area contributed by atoms with E-state index in [1.807, 2.05) is 0 Å². The van der Waals surface area contributed by atoms with E-state index in [4.69, 9.17) is 28.8 Å². The van der Waals surface area contributed by atoms with Crippen molar-refractivity contribution in [3.63, 3.8) is 0 Å². The van der Waals surface area contributed by atoms with E-state index in [-0.39, 0.29) is 19.6 Å². The first-order chi connectivity index (χ1) is 8.45. The second-order valence-electron chi connectivity index (χ2n) is 3.74. The zero-order chi connectivity index (χ0) is 13.7. The zero-order valence-electron chi connectivity index (χ0n) is 9.73. The maximum Gasteiger partial charge on any atom is 0.236 e. The fourth-order valence-corrected chi connectivity index (χ4v) is 1.98. The number of benzene rings is 1. The molecule has 0 heterocycles. The van der Waals surface area contributed by atoms with Gasteiger partial charge in [0, 0.05) is 6.54 Å². The largest absolute Gasteiger partial charge is 0.368 e. The van der Waals surface area contributed by atoms with E-state index in [0.29, 0.717) is 16.3 Å². The average molecular weight is 271 g/mol. The number of para-hydroxylation sites is 1. The number of rotatable bonds is 6. The lowest BCUT2D eigenvalue weighted by atomic mass is 10.1. The maximum atomic E-state index is 11.0. The van der Waals surface area contributed by atoms with Crippen molar-refractivity contribution in [1.29, 1.82) is 0 Å². The van der Waals surface area contributed by atoms with Gasteiger partial charge in [-0.2, -0.15) is 0 Å². The summed E-state index contributed by atoms with van der Waals surface area (Å²) in [5.41, 5.74) is 17.1. The van der Waals surface area contributed by atoms with Gasteiger partial charge >= 0.3 is 0 Å². The SMILES string of the molecule is NCc1cccc(Cl)c1N(CC(N)=O)CC(N)=O. The number of primary amides is 2. The Morgan fingerprint density at radius 2 is 1.72 bits per heavy atom. The summed E-state index contributed by atoms with van der Waals surface area (Å²) in [6.45, 7) is -0.0801. The van der Waals surface area contributed by atoms with Crippen LogP contribution in [0.5, 0.6) is 0 Å². The summed E-state index contributed by atoms with van der Waals surface area (Å²) in [5, 5.41) is 0.389. The van der Waals surface area contributed by atoms with Crippen molar-refractivity contribution in [3.8, 4) is 0 Å². The van der Waals surface area contributed by atoms with Crippen LogP contribution in [0.3, 0.4) is 0 Å². The van der Waals surface area contributed by atoms with Crippen LogP contribution >= 0.6 is 11.6 Å². The molecule has 2 amide bonds. The van der Waals surface area contributed by atoms with E-state index in [1.54, 1.807) is 18.2 Å². The van der Waals surface area contributed by atoms with Crippen molar-refractivity contribution < 1.29 is 9.59 Å². The molecule has 0 aliphatic heterocycles. The minimum Gasteiger partial charge on any atom is -0.368 e. The van der Waals surface area contributed by atoms with E-state index in [9.17, 15) is 9.59 Å². The van der Waals surface area contributed by atoms with Gasteiger partial charge in [0.05, 0.1) is 23.8 Å². The van der Waals surface area contributed by atoms with Crippen molar-refractivity contribution in [2.75, 3.05) is 18.0 Å². The van der Waals surface area contributed by atoms with Gasteiger partial charge in [-0.05, 0) is 11.6 Å². The summed E-state index contributed by atoms with van der Waals surface area (Å²) in [4.78, 5) is 23.5. The highest BCUT2D eigenvalue weighted by Crippen LogP contribution is 2.29. The molecule has 0 atom stereocenters. The molecule has 0 aliphatic rings. The van der Waals surface area contributed by atoms with Crippen LogP contribution < -0.4 is 22.1 Å². The molecule has 0 radical (unpaired) electrons. The Kier molecular flexibility index (Phi) is 4.94. The van der Waals surface area contributed by atoms with Gasteiger partial charge in [0.2, 0.25) is 11.8 Å². The highest BCUT2D eigenvalue weighted by molar-refractivity contribution is 6.33. The quantitative estimate of drug-likeness (QED) is 0.651. The zero-order valence-corrected chi connectivity index (χ0v) is 10.5. The summed E-state index contributed by atoms with van der Waals surface area (Å²) >= 11 is 6.07. The second kappa shape index (κ2) is 6.23. The number of hydrogen-bond donors (Lipinski definition) is 3. The van der Waals surface area contributed by atoms with Crippen LogP contribution in [0, 0.1) is 0 Å². The number of amides is 2. The van der Waals surface area contributed by atoms with Gasteiger partial charge in [-0.25, -0.2) is 0 Å². The highest BCUT2D eigenvalue weighted by atomic mass is 35.5. The predicted octanol–water partition coefficient (Wildman–Crippen LogP) is -0.424. The number of anilines is 1. The van der Waals surface area contributed by atoms with Gasteiger partial charge in [-0.1, -0.05) is 23.7 Å². The summed E-state index contributed by atoms with van der Waals surface area (Å²) in [7, 11) is 0. The van der Waals surface area contributed by atoms with Crippen LogP contribution in [0.4, 0.5) is 5.69 Å². The van der Waals surface area contributed by atoms with Crippen LogP contribution in [0.1, 0.15) is 5.56 Å². The molecule has 1 aromatic rings. The molecule has 0 fully saturated rings. The van der Waals surface area contributed by atoms with E-state index in [1.165, 1.54) is 4.90 Å². The lowest BCUT2D eigenvalue weighted by molar-refractivity contribution is -0.117. The third-order valence-electron chi connectivity index (χ3n) is 2.30. The number of halogens is 1. The molecule has 18 heavy (non-hydrogen) atoms. The topological polar surface area (TPSA) is 115 Å². The van der Waals surface area contributed by atoms with Crippen LogP contribution in [-0.2, 0) is 16.1 Å². The monoisotopic (exact) mass is 270 g/mol. The van der Waals surface area contributed by atoms with Gasteiger partial charge < -0.3 is 22.1 Å². The number of nitrogens with zero attached hydrogens (tertiary/aromatic N) is 1. The van der Waals surface area contributed by atoms with Crippen molar-refractivity contribution in [1.82, 2.24) is 0 Å². The minimum atomic E-state index is -0.584. The Bertz CT molecular complexity index is 448. The summed E-state index contributed by atoms with van der Waals surface area (Å²) in [5.74, 6) is -1.17. The maximum absolute atomic E-state index is 11.0. The third-order valence-corrected chi connectivity index (χ3v) is 2.60. The van der Waals surface area contributed by atoms with Crippen molar-refractivity contribution in [2.24, 2.45) is 17.2 Å². The average Bonchev–Trinajstić information content (AvgIpc) is 2.26. The molecule has 0 saturated heterocycles. The Balaban J connectivity index is 3.18. The van der Waals surface area contributed by atoms with E-state index < -0.39 is 11.8 Å². The number of nitrogens with two attached hydrogens (primary N) is 3. The lowest BCUT2D eigenvalue weighted by Gasteiger charge is -2.25. The van der Waals surface area contributed by atoms with E-state index in [0.717, 1.165) is 0 Å². The van der Waals surface area contributed by atoms with Crippen molar-refractivity contribution in [3.05, 3.63) is 28.8 Å². The molecule has 1 rings (SSSR count). The Labute approximate surface area is 110 Å². The minimum absolute atomic E-state index is 0.153. The van der Waals surface area contributed by atoms with Crippen LogP contribution in [0.15, 0.2) is 18.2 Å². The van der Waals surface area contributed by atoms with Gasteiger partial charge in [0.1, 0.15) is 0 Å². The molecular formula is C11H15ClN4O2. The molecule has 0 unspecified atom stereocenters. The number of carbonyl (C=O) groups is 2. The second-order valence-corrected chi connectivity index (χ2v) is 4.15. The first-order valence-corrected chi connectivity index (χ1v) is 5.62. The normalized spacial score (nSPS) is 10.1. The lowest BCUT2D eigenvalue weighted by Crippen LogP contribution is -2.40. The molecule has 1 aromatic carbocycles. The fourth-order valence-electron chi connectivity index (χ4n) is 1.67. The van der Waals surface area contributed by atoms with Gasteiger partial charge in [0.15, 0.2) is 0 Å². The molecule has 6 N–H and O–H groups in total. The molecule has 0 saturated carbocycles. The first-order valence-electron chi connectivity index (χ1n) is 5.24. The number of hydrogen-bond acceptors (Lipinski definition) is 4. The molecular weight excluding hydrogens is 256 g/mol. The van der Waals surface area contributed by atoms with Gasteiger partial charge in [-0.3, -0.25) is 9.59 Å². The number of carbonyl (C=O) groups excluding carboxylic acids is 2. The molecule has 7 heteroatoms. The van der Waals surface area contributed by atoms with Crippen molar-refractivity contribution in [2.45, 2.75) is 6.54 Å². The Morgan fingerprint density at radius 3 is 2.17 bits per heavy atom. The van der Waals surface area contributed by atoms with Crippen LogP contribution in [0.25, 0.3) is 0 Å². The molecule has 0 aromatic heterocycles. The summed E-state index contributed by atoms with van der Waals surface area (Å²) < 4.78 is 0. The van der Waals surface area contributed by atoms with Gasteiger partial charge in [0.25, 0.3) is 0 Å². The smallest absolute Gasteiger partial charge is 0.236 e. The van der Waals surface area contributed by atoms with Crippen LogP contribution in [-0.4, -0.2) is 24.9 Å². The highest BCUT2D eigenvalue weighted by Gasteiger charge is 2.17. The predicted molar refractivity (Wildman–Crippen MR) is 69.9 cm³/mol. The molecule has 0 bridgehead atoms. The van der Waals surface area contributed by atoms with E-state index in [2.05, 4.69) is 0 Å². The molecule has 0 aliphatic carbocycles. The summed E-state index contributed by atoms with van der Waals surface area (Å²) in [6.07, 6.45) is 0. The molecule has 0 spiro atoms. The molecule has 6 nitrogen and oxygen atoms in total. The fraction of sp³-hybridized carbons (Fsp3) is 0.273. The van der Waals surface area contributed by atoms with Crippen LogP contribution in [0.2, 0.25) is 5.02 Å². The third kappa shape index (κ3) is 3.61. The Hall–Kier alpha value is -1.79.